The van der Waals surface area contributed by atoms with Crippen molar-refractivity contribution in [1.29, 1.82) is 0 Å². The van der Waals surface area contributed by atoms with Gasteiger partial charge in [-0.25, -0.2) is 9.67 Å². The van der Waals surface area contributed by atoms with Crippen molar-refractivity contribution in [3.05, 3.63) is 23.8 Å². The highest BCUT2D eigenvalue weighted by Crippen LogP contribution is 2.18. The van der Waals surface area contributed by atoms with Gasteiger partial charge in [-0.3, -0.25) is 0 Å². The fourth-order valence-corrected chi connectivity index (χ4v) is 1.81. The van der Waals surface area contributed by atoms with Gasteiger partial charge in [0.05, 0.1) is 6.54 Å². The maximum Gasteiger partial charge on any atom is 0.150 e. The Bertz CT molecular complexity index is 390. The smallest absolute Gasteiger partial charge is 0.150 e. The Balaban J connectivity index is 1.91. The van der Waals surface area contributed by atoms with Gasteiger partial charge in [-0.05, 0) is 18.4 Å². The molecule has 1 aromatic rings. The normalized spacial score (nSPS) is 15.2. The number of aromatic nitrogens is 3. The van der Waals surface area contributed by atoms with E-state index in [1.54, 1.807) is 0 Å². The molecule has 94 valence electrons. The number of nitrogens with one attached hydrogen (secondary N) is 1. The molecule has 0 saturated heterocycles. The summed E-state index contributed by atoms with van der Waals surface area (Å²) in [5, 5.41) is 7.97. The summed E-state index contributed by atoms with van der Waals surface area (Å²) in [6.07, 6.45) is 4.46. The minimum atomic E-state index is 0.736. The van der Waals surface area contributed by atoms with E-state index in [4.69, 9.17) is 0 Å². The average Bonchev–Trinajstić information content (AvgIpc) is 3.08. The van der Waals surface area contributed by atoms with Gasteiger partial charge in [-0.2, -0.15) is 5.10 Å². The van der Waals surface area contributed by atoms with Gasteiger partial charge in [-0.15, -0.1) is 0 Å². The summed E-state index contributed by atoms with van der Waals surface area (Å²) < 4.78 is 2.00. The van der Waals surface area contributed by atoms with Crippen LogP contribution in [0.4, 0.5) is 0 Å². The van der Waals surface area contributed by atoms with Crippen LogP contribution in [-0.4, -0.2) is 27.4 Å². The minimum Gasteiger partial charge on any atom is -0.310 e. The lowest BCUT2D eigenvalue weighted by atomic mass is 10.3. The molecule has 0 radical (unpaired) electrons. The van der Waals surface area contributed by atoms with Crippen molar-refractivity contribution < 1.29 is 0 Å². The molecule has 1 fully saturated rings. The van der Waals surface area contributed by atoms with Gasteiger partial charge in [0.2, 0.25) is 0 Å². The van der Waals surface area contributed by atoms with Gasteiger partial charge >= 0.3 is 0 Å². The van der Waals surface area contributed by atoms with Crippen molar-refractivity contribution in [2.45, 2.75) is 52.1 Å². The summed E-state index contributed by atoms with van der Waals surface area (Å²) in [5.41, 5.74) is 1.18. The molecular weight excluding hydrogens is 212 g/mol. The zero-order chi connectivity index (χ0) is 12.3. The van der Waals surface area contributed by atoms with E-state index in [1.807, 2.05) is 4.68 Å². The zero-order valence-electron chi connectivity index (χ0n) is 10.9. The number of hydrogen-bond acceptors (Lipinski definition) is 3. The second-order valence-corrected chi connectivity index (χ2v) is 4.71. The second-order valence-electron chi connectivity index (χ2n) is 4.71. The highest BCUT2D eigenvalue weighted by atomic mass is 15.3. The van der Waals surface area contributed by atoms with E-state index >= 15 is 0 Å². The van der Waals surface area contributed by atoms with Gasteiger partial charge in [0.15, 0.2) is 5.82 Å². The molecule has 0 unspecified atom stereocenters. The molecule has 0 amide bonds. The van der Waals surface area contributed by atoms with E-state index in [0.29, 0.717) is 0 Å². The molecule has 0 aliphatic heterocycles. The summed E-state index contributed by atoms with van der Waals surface area (Å²) in [5.74, 6) is 2.00. The molecule has 0 spiro atoms. The van der Waals surface area contributed by atoms with Gasteiger partial charge in [0.25, 0.3) is 0 Å². The molecule has 0 bridgehead atoms. The minimum absolute atomic E-state index is 0.736. The zero-order valence-corrected chi connectivity index (χ0v) is 10.9. The highest BCUT2D eigenvalue weighted by molar-refractivity contribution is 5.02. The SMILES string of the molecule is C=C(CNC1CC1)Cn1nc(CC)nc1CC. The van der Waals surface area contributed by atoms with Gasteiger partial charge in [0.1, 0.15) is 5.82 Å². The lowest BCUT2D eigenvalue weighted by Gasteiger charge is -2.08. The summed E-state index contributed by atoms with van der Waals surface area (Å²) >= 11 is 0. The van der Waals surface area contributed by atoms with Gasteiger partial charge in [-0.1, -0.05) is 20.4 Å². The number of rotatable bonds is 7. The number of aryl methyl sites for hydroxylation is 2. The standard InChI is InChI=1S/C13H22N4/c1-4-12-15-13(5-2)17(16-12)9-10(3)8-14-11-6-7-11/h11,14H,3-9H2,1-2H3. The molecular formula is C13H22N4. The van der Waals surface area contributed by atoms with Crippen molar-refractivity contribution in [3.8, 4) is 0 Å². The van der Waals surface area contributed by atoms with Crippen LogP contribution in [0, 0.1) is 0 Å². The molecule has 1 aliphatic carbocycles. The quantitative estimate of drug-likeness (QED) is 0.730. The molecule has 1 aliphatic rings. The fourth-order valence-electron chi connectivity index (χ4n) is 1.81. The van der Waals surface area contributed by atoms with Crippen LogP contribution in [0.25, 0.3) is 0 Å². The number of hydrogen-bond donors (Lipinski definition) is 1. The lowest BCUT2D eigenvalue weighted by molar-refractivity contribution is 0.604. The Hall–Kier alpha value is -1.16. The fraction of sp³-hybridized carbons (Fsp3) is 0.692. The van der Waals surface area contributed by atoms with Crippen molar-refractivity contribution in [2.24, 2.45) is 0 Å². The predicted octanol–water partition coefficient (Wildman–Crippen LogP) is 1.71. The Kier molecular flexibility index (Phi) is 3.94. The van der Waals surface area contributed by atoms with Crippen molar-refractivity contribution in [3.63, 3.8) is 0 Å². The summed E-state index contributed by atoms with van der Waals surface area (Å²) in [6, 6.07) is 0.736. The maximum atomic E-state index is 4.50. The van der Waals surface area contributed by atoms with E-state index in [0.717, 1.165) is 43.6 Å². The van der Waals surface area contributed by atoms with Gasteiger partial charge < -0.3 is 5.32 Å². The van der Waals surface area contributed by atoms with Crippen LogP contribution in [0.5, 0.6) is 0 Å². The predicted molar refractivity (Wildman–Crippen MR) is 68.9 cm³/mol. The van der Waals surface area contributed by atoms with Crippen LogP contribution in [0.3, 0.4) is 0 Å². The van der Waals surface area contributed by atoms with Crippen LogP contribution < -0.4 is 5.32 Å². The van der Waals surface area contributed by atoms with Crippen molar-refractivity contribution in [2.75, 3.05) is 6.54 Å². The summed E-state index contributed by atoms with van der Waals surface area (Å²) in [6.45, 7) is 10.00. The molecule has 0 atom stereocenters. The molecule has 1 N–H and O–H groups in total. The third-order valence-electron chi connectivity index (χ3n) is 3.02. The largest absolute Gasteiger partial charge is 0.310 e. The summed E-state index contributed by atoms with van der Waals surface area (Å²) in [4.78, 5) is 4.50. The first kappa shape index (κ1) is 12.3. The first-order chi connectivity index (χ1) is 8.22. The van der Waals surface area contributed by atoms with E-state index < -0.39 is 0 Å². The molecule has 1 heterocycles. The number of nitrogens with zero attached hydrogens (tertiary/aromatic N) is 3. The molecule has 1 aromatic heterocycles. The summed E-state index contributed by atoms with van der Waals surface area (Å²) in [7, 11) is 0. The highest BCUT2D eigenvalue weighted by Gasteiger charge is 2.20. The van der Waals surface area contributed by atoms with Crippen molar-refractivity contribution in [1.82, 2.24) is 20.1 Å². The van der Waals surface area contributed by atoms with E-state index in [-0.39, 0.29) is 0 Å². The first-order valence-electron chi connectivity index (χ1n) is 6.55. The van der Waals surface area contributed by atoms with Crippen LogP contribution in [-0.2, 0) is 19.4 Å². The van der Waals surface area contributed by atoms with Crippen molar-refractivity contribution >= 4 is 0 Å². The molecule has 4 heteroatoms. The topological polar surface area (TPSA) is 42.7 Å². The van der Waals surface area contributed by atoms with Crippen LogP contribution in [0.2, 0.25) is 0 Å². The third-order valence-corrected chi connectivity index (χ3v) is 3.02. The second kappa shape index (κ2) is 5.45. The van der Waals surface area contributed by atoms with E-state index in [1.165, 1.54) is 18.4 Å². The molecule has 2 rings (SSSR count). The van der Waals surface area contributed by atoms with Crippen LogP contribution in [0.15, 0.2) is 12.2 Å². The Labute approximate surface area is 103 Å². The molecule has 4 nitrogen and oxygen atoms in total. The maximum absolute atomic E-state index is 4.50. The first-order valence-corrected chi connectivity index (χ1v) is 6.55. The van der Waals surface area contributed by atoms with Crippen LogP contribution >= 0.6 is 0 Å². The third kappa shape index (κ3) is 3.40. The average molecular weight is 234 g/mol. The van der Waals surface area contributed by atoms with Crippen LogP contribution in [0.1, 0.15) is 38.3 Å². The van der Waals surface area contributed by atoms with E-state index in [9.17, 15) is 0 Å². The molecule has 0 aromatic carbocycles. The Morgan fingerprint density at radius 1 is 1.41 bits per heavy atom. The lowest BCUT2D eigenvalue weighted by Crippen LogP contribution is -2.21. The monoisotopic (exact) mass is 234 g/mol. The Morgan fingerprint density at radius 3 is 2.76 bits per heavy atom. The van der Waals surface area contributed by atoms with Gasteiger partial charge in [0, 0.05) is 25.4 Å². The molecule has 1 saturated carbocycles. The molecule has 17 heavy (non-hydrogen) atoms. The van der Waals surface area contributed by atoms with E-state index in [2.05, 4.69) is 35.8 Å². The Morgan fingerprint density at radius 2 is 2.18 bits per heavy atom.